The van der Waals surface area contributed by atoms with E-state index in [0.717, 1.165) is 28.3 Å². The number of nitrogens with zero attached hydrogens (tertiary/aromatic N) is 2. The van der Waals surface area contributed by atoms with Gasteiger partial charge < -0.3 is 9.47 Å². The first-order valence-corrected chi connectivity index (χ1v) is 9.06. The molecule has 0 saturated heterocycles. The van der Waals surface area contributed by atoms with Crippen molar-refractivity contribution in [2.24, 2.45) is 0 Å². The van der Waals surface area contributed by atoms with Crippen LogP contribution in [-0.2, 0) is 0 Å². The molecule has 0 fully saturated rings. The third-order valence-corrected chi connectivity index (χ3v) is 4.60. The molecule has 0 amide bonds. The Morgan fingerprint density at radius 1 is 1.19 bits per heavy atom. The Balaban J connectivity index is 1.87. The number of benzene rings is 2. The molecule has 1 aromatic heterocycles. The lowest BCUT2D eigenvalue weighted by molar-refractivity contribution is 0.340. The first-order valence-electron chi connectivity index (χ1n) is 8.18. The molecule has 0 atom stereocenters. The molecule has 4 nitrogen and oxygen atoms in total. The lowest BCUT2D eigenvalue weighted by Gasteiger charge is -2.03. The van der Waals surface area contributed by atoms with Crippen LogP contribution in [0.4, 0.5) is 0 Å². The molecule has 0 bridgehead atoms. The van der Waals surface area contributed by atoms with Crippen molar-refractivity contribution in [1.82, 2.24) is 4.98 Å². The second-order valence-corrected chi connectivity index (χ2v) is 6.30. The Kier molecular flexibility index (Phi) is 5.67. The summed E-state index contributed by atoms with van der Waals surface area (Å²) in [7, 11) is 1.64. The van der Waals surface area contributed by atoms with E-state index in [4.69, 9.17) is 9.47 Å². The molecule has 0 unspecified atom stereocenters. The zero-order valence-corrected chi connectivity index (χ0v) is 15.4. The van der Waals surface area contributed by atoms with Crippen LogP contribution in [0.2, 0.25) is 0 Å². The lowest BCUT2D eigenvalue weighted by Crippen LogP contribution is -1.90. The average Bonchev–Trinajstić information content (AvgIpc) is 3.18. The molecule has 0 aliphatic rings. The number of nitriles is 1. The number of allylic oxidation sites excluding steroid dienone is 1. The summed E-state index contributed by atoms with van der Waals surface area (Å²) in [5, 5.41) is 12.2. The zero-order valence-electron chi connectivity index (χ0n) is 14.6. The predicted molar refractivity (Wildman–Crippen MR) is 105 cm³/mol. The van der Waals surface area contributed by atoms with Crippen LogP contribution in [-0.4, -0.2) is 18.7 Å². The highest BCUT2D eigenvalue weighted by atomic mass is 32.1. The van der Waals surface area contributed by atoms with Crippen LogP contribution in [0.25, 0.3) is 22.9 Å². The smallest absolute Gasteiger partial charge is 0.134 e. The molecule has 0 spiro atoms. The number of aromatic nitrogens is 1. The fraction of sp³-hybridized carbons (Fsp3) is 0.143. The van der Waals surface area contributed by atoms with Crippen LogP contribution < -0.4 is 9.47 Å². The van der Waals surface area contributed by atoms with Gasteiger partial charge in [-0.05, 0) is 42.8 Å². The van der Waals surface area contributed by atoms with Crippen molar-refractivity contribution in [3.05, 3.63) is 64.5 Å². The van der Waals surface area contributed by atoms with Crippen LogP contribution >= 0.6 is 11.3 Å². The van der Waals surface area contributed by atoms with Crippen molar-refractivity contribution >= 4 is 23.0 Å². The Morgan fingerprint density at radius 2 is 2.00 bits per heavy atom. The molecule has 2 aromatic carbocycles. The molecule has 0 radical (unpaired) electrons. The van der Waals surface area contributed by atoms with Gasteiger partial charge in [0.2, 0.25) is 0 Å². The van der Waals surface area contributed by atoms with E-state index in [1.807, 2.05) is 66.9 Å². The predicted octanol–water partition coefficient (Wildman–Crippen LogP) is 5.28. The van der Waals surface area contributed by atoms with E-state index in [2.05, 4.69) is 11.1 Å². The van der Waals surface area contributed by atoms with Gasteiger partial charge in [-0.1, -0.05) is 24.3 Å². The summed E-state index contributed by atoms with van der Waals surface area (Å²) in [6.45, 7) is 2.58. The Labute approximate surface area is 157 Å². The fourth-order valence-electron chi connectivity index (χ4n) is 2.45. The molecule has 3 rings (SSSR count). The number of thiazole rings is 1. The second-order valence-electron chi connectivity index (χ2n) is 5.44. The molecule has 26 heavy (non-hydrogen) atoms. The number of ether oxygens (including phenoxy) is 2. The minimum absolute atomic E-state index is 0.535. The maximum absolute atomic E-state index is 9.55. The summed E-state index contributed by atoms with van der Waals surface area (Å²) in [6, 6.07) is 17.6. The Morgan fingerprint density at radius 3 is 2.69 bits per heavy atom. The van der Waals surface area contributed by atoms with E-state index in [-0.39, 0.29) is 0 Å². The maximum atomic E-state index is 9.55. The highest BCUT2D eigenvalue weighted by molar-refractivity contribution is 7.11. The Hall–Kier alpha value is -3.10. The van der Waals surface area contributed by atoms with Crippen molar-refractivity contribution in [1.29, 1.82) is 5.26 Å². The summed E-state index contributed by atoms with van der Waals surface area (Å²) in [5.41, 5.74) is 3.26. The summed E-state index contributed by atoms with van der Waals surface area (Å²) >= 11 is 1.45. The maximum Gasteiger partial charge on any atom is 0.134 e. The molecular formula is C21H18N2O2S. The van der Waals surface area contributed by atoms with Gasteiger partial charge in [0.1, 0.15) is 22.6 Å². The third kappa shape index (κ3) is 4.11. The topological polar surface area (TPSA) is 55.1 Å². The first-order chi connectivity index (χ1) is 12.7. The van der Waals surface area contributed by atoms with Gasteiger partial charge in [-0.3, -0.25) is 0 Å². The van der Waals surface area contributed by atoms with Gasteiger partial charge in [0, 0.05) is 10.9 Å². The highest BCUT2D eigenvalue weighted by Crippen LogP contribution is 2.29. The molecule has 3 aromatic rings. The van der Waals surface area contributed by atoms with Gasteiger partial charge in [-0.2, -0.15) is 5.26 Å². The van der Waals surface area contributed by atoms with E-state index in [1.165, 1.54) is 11.3 Å². The number of hydrogen-bond donors (Lipinski definition) is 0. The van der Waals surface area contributed by atoms with E-state index < -0.39 is 0 Å². The summed E-state index contributed by atoms with van der Waals surface area (Å²) in [6.07, 6.45) is 1.84. The van der Waals surface area contributed by atoms with Crippen LogP contribution in [0.15, 0.2) is 53.9 Å². The van der Waals surface area contributed by atoms with Gasteiger partial charge in [0.05, 0.1) is 25.0 Å². The van der Waals surface area contributed by atoms with E-state index in [1.54, 1.807) is 7.11 Å². The second kappa shape index (κ2) is 8.32. The minimum atomic E-state index is 0.535. The van der Waals surface area contributed by atoms with E-state index in [9.17, 15) is 5.26 Å². The SMILES string of the molecule is CCOc1ccc(/C=C(/C#N)c2nc(-c3cccc(OC)c3)cs2)cc1. The quantitative estimate of drug-likeness (QED) is 0.560. The van der Waals surface area contributed by atoms with Crippen LogP contribution in [0, 0.1) is 11.3 Å². The average molecular weight is 362 g/mol. The minimum Gasteiger partial charge on any atom is -0.497 e. The number of rotatable bonds is 6. The van der Waals surface area contributed by atoms with Crippen LogP contribution in [0.3, 0.4) is 0 Å². The largest absolute Gasteiger partial charge is 0.497 e. The molecule has 0 N–H and O–H groups in total. The normalized spacial score (nSPS) is 11.0. The van der Waals surface area contributed by atoms with Gasteiger partial charge in [0.15, 0.2) is 0 Å². The van der Waals surface area contributed by atoms with Crippen molar-refractivity contribution in [2.75, 3.05) is 13.7 Å². The van der Waals surface area contributed by atoms with Gasteiger partial charge in [0.25, 0.3) is 0 Å². The highest BCUT2D eigenvalue weighted by Gasteiger charge is 2.10. The standard InChI is InChI=1S/C21H18N2O2S/c1-3-25-18-9-7-15(8-10-18)11-17(13-22)21-23-20(14-26-21)16-5-4-6-19(12-16)24-2/h4-12,14H,3H2,1-2H3/b17-11-. The molecule has 0 saturated carbocycles. The van der Waals surface area contributed by atoms with Gasteiger partial charge in [-0.25, -0.2) is 4.98 Å². The van der Waals surface area contributed by atoms with Crippen molar-refractivity contribution < 1.29 is 9.47 Å². The molecule has 0 aliphatic heterocycles. The zero-order chi connectivity index (χ0) is 18.4. The Bertz CT molecular complexity index is 953. The monoisotopic (exact) mass is 362 g/mol. The van der Waals surface area contributed by atoms with Crippen LogP contribution in [0.1, 0.15) is 17.5 Å². The molecule has 5 heteroatoms. The number of methoxy groups -OCH3 is 1. The third-order valence-electron chi connectivity index (χ3n) is 3.72. The molecular weight excluding hydrogens is 344 g/mol. The van der Waals surface area contributed by atoms with Gasteiger partial charge in [-0.15, -0.1) is 11.3 Å². The summed E-state index contributed by atoms with van der Waals surface area (Å²) in [4.78, 5) is 4.62. The van der Waals surface area contributed by atoms with Gasteiger partial charge >= 0.3 is 0 Å². The first kappa shape index (κ1) is 17.7. The number of hydrogen-bond acceptors (Lipinski definition) is 5. The van der Waals surface area contributed by atoms with Crippen molar-refractivity contribution in [3.8, 4) is 28.8 Å². The molecule has 130 valence electrons. The van der Waals surface area contributed by atoms with E-state index >= 15 is 0 Å². The molecule has 1 heterocycles. The summed E-state index contributed by atoms with van der Waals surface area (Å²) < 4.78 is 10.7. The van der Waals surface area contributed by atoms with Crippen LogP contribution in [0.5, 0.6) is 11.5 Å². The van der Waals surface area contributed by atoms with Crippen molar-refractivity contribution in [3.63, 3.8) is 0 Å². The molecule has 0 aliphatic carbocycles. The summed E-state index contributed by atoms with van der Waals surface area (Å²) in [5.74, 6) is 1.60. The van der Waals surface area contributed by atoms with Crippen molar-refractivity contribution in [2.45, 2.75) is 6.92 Å². The lowest BCUT2D eigenvalue weighted by atomic mass is 10.1. The fourth-order valence-corrected chi connectivity index (χ4v) is 3.24. The van der Waals surface area contributed by atoms with E-state index in [0.29, 0.717) is 17.2 Å².